The highest BCUT2D eigenvalue weighted by atomic mass is 16.5. The standard InChI is InChI=1S/C19H22N2O2/c1-13-3-5-16(6-4-13)19(22)23-17-9-7-15(8-10-17)18-20-11-14(2)12-21-18/h7-13,16H,3-6H2,1-2H3. The van der Waals surface area contributed by atoms with E-state index in [-0.39, 0.29) is 11.9 Å². The predicted octanol–water partition coefficient (Wildman–Crippen LogP) is 4.18. The van der Waals surface area contributed by atoms with Gasteiger partial charge in [-0.25, -0.2) is 9.97 Å². The van der Waals surface area contributed by atoms with Gasteiger partial charge >= 0.3 is 5.97 Å². The van der Waals surface area contributed by atoms with Crippen LogP contribution in [0.4, 0.5) is 0 Å². The quantitative estimate of drug-likeness (QED) is 0.630. The maximum atomic E-state index is 12.2. The first-order valence-electron chi connectivity index (χ1n) is 8.22. The topological polar surface area (TPSA) is 52.1 Å². The molecule has 120 valence electrons. The highest BCUT2D eigenvalue weighted by molar-refractivity contribution is 5.75. The first-order chi connectivity index (χ1) is 11.1. The minimum absolute atomic E-state index is 0.0475. The number of hydrogen-bond donors (Lipinski definition) is 0. The molecular formula is C19H22N2O2. The van der Waals surface area contributed by atoms with Crippen LogP contribution in [0.5, 0.6) is 5.75 Å². The van der Waals surface area contributed by atoms with Gasteiger partial charge in [0.25, 0.3) is 0 Å². The molecule has 0 atom stereocenters. The number of aromatic nitrogens is 2. The van der Waals surface area contributed by atoms with Crippen molar-refractivity contribution in [3.05, 3.63) is 42.2 Å². The largest absolute Gasteiger partial charge is 0.426 e. The molecule has 3 rings (SSSR count). The summed E-state index contributed by atoms with van der Waals surface area (Å²) in [5.74, 6) is 1.94. The lowest BCUT2D eigenvalue weighted by Gasteiger charge is -2.24. The minimum atomic E-state index is -0.101. The van der Waals surface area contributed by atoms with Crippen molar-refractivity contribution in [3.63, 3.8) is 0 Å². The van der Waals surface area contributed by atoms with E-state index in [0.29, 0.717) is 11.6 Å². The van der Waals surface area contributed by atoms with Gasteiger partial charge in [0.05, 0.1) is 5.92 Å². The van der Waals surface area contributed by atoms with Gasteiger partial charge in [-0.05, 0) is 68.4 Å². The van der Waals surface area contributed by atoms with E-state index in [4.69, 9.17) is 4.74 Å². The summed E-state index contributed by atoms with van der Waals surface area (Å²) < 4.78 is 5.52. The van der Waals surface area contributed by atoms with Crippen molar-refractivity contribution in [1.29, 1.82) is 0 Å². The number of ether oxygens (including phenoxy) is 1. The number of aryl methyl sites for hydroxylation is 1. The summed E-state index contributed by atoms with van der Waals surface area (Å²) in [5.41, 5.74) is 1.94. The lowest BCUT2D eigenvalue weighted by atomic mass is 9.83. The van der Waals surface area contributed by atoms with Gasteiger partial charge in [-0.15, -0.1) is 0 Å². The molecule has 0 amide bonds. The highest BCUT2D eigenvalue weighted by Gasteiger charge is 2.25. The molecule has 1 aliphatic rings. The summed E-state index contributed by atoms with van der Waals surface area (Å²) in [4.78, 5) is 20.8. The molecule has 1 aromatic heterocycles. The summed E-state index contributed by atoms with van der Waals surface area (Å²) in [6.45, 7) is 4.20. The van der Waals surface area contributed by atoms with E-state index >= 15 is 0 Å². The first kappa shape index (κ1) is 15.7. The van der Waals surface area contributed by atoms with E-state index in [9.17, 15) is 4.79 Å². The Morgan fingerprint density at radius 1 is 1.04 bits per heavy atom. The van der Waals surface area contributed by atoms with E-state index in [0.717, 1.165) is 42.7 Å². The molecule has 1 heterocycles. The Bertz CT molecular complexity index is 657. The zero-order valence-corrected chi connectivity index (χ0v) is 13.7. The van der Waals surface area contributed by atoms with Crippen LogP contribution < -0.4 is 4.74 Å². The molecule has 1 aromatic carbocycles. The normalized spacial score (nSPS) is 21.0. The van der Waals surface area contributed by atoms with E-state index in [2.05, 4.69) is 16.9 Å². The fourth-order valence-corrected chi connectivity index (χ4v) is 2.91. The van der Waals surface area contributed by atoms with E-state index < -0.39 is 0 Å². The molecule has 1 fully saturated rings. The van der Waals surface area contributed by atoms with E-state index in [1.165, 1.54) is 0 Å². The van der Waals surface area contributed by atoms with Crippen molar-refractivity contribution in [1.82, 2.24) is 9.97 Å². The minimum Gasteiger partial charge on any atom is -0.426 e. The van der Waals surface area contributed by atoms with E-state index in [1.54, 1.807) is 12.4 Å². The average molecular weight is 310 g/mol. The van der Waals surface area contributed by atoms with Crippen LogP contribution in [0.25, 0.3) is 11.4 Å². The number of carbonyl (C=O) groups excluding carboxylic acids is 1. The van der Waals surface area contributed by atoms with Gasteiger partial charge in [-0.3, -0.25) is 4.79 Å². The Hall–Kier alpha value is -2.23. The molecule has 4 heteroatoms. The number of benzene rings is 1. The van der Waals surface area contributed by atoms with Gasteiger partial charge in [-0.2, -0.15) is 0 Å². The van der Waals surface area contributed by atoms with Gasteiger partial charge in [-0.1, -0.05) is 6.92 Å². The molecule has 1 aliphatic carbocycles. The number of rotatable bonds is 3. The maximum Gasteiger partial charge on any atom is 0.314 e. The van der Waals surface area contributed by atoms with Crippen LogP contribution in [0.15, 0.2) is 36.7 Å². The van der Waals surface area contributed by atoms with Gasteiger partial charge in [0.15, 0.2) is 5.82 Å². The summed E-state index contributed by atoms with van der Waals surface area (Å²) in [5, 5.41) is 0. The molecule has 0 bridgehead atoms. The summed E-state index contributed by atoms with van der Waals surface area (Å²) >= 11 is 0. The van der Waals surface area contributed by atoms with Crippen LogP contribution >= 0.6 is 0 Å². The lowest BCUT2D eigenvalue weighted by molar-refractivity contribution is -0.140. The molecule has 1 saturated carbocycles. The Kier molecular flexibility index (Phi) is 4.70. The van der Waals surface area contributed by atoms with Crippen LogP contribution in [-0.4, -0.2) is 15.9 Å². The van der Waals surface area contributed by atoms with Crippen molar-refractivity contribution >= 4 is 5.97 Å². The molecule has 0 spiro atoms. The van der Waals surface area contributed by atoms with Gasteiger partial charge in [0, 0.05) is 18.0 Å². The number of esters is 1. The Balaban J connectivity index is 1.63. The van der Waals surface area contributed by atoms with Crippen molar-refractivity contribution in [2.75, 3.05) is 0 Å². The average Bonchev–Trinajstić information content (AvgIpc) is 2.57. The number of carbonyl (C=O) groups is 1. The SMILES string of the molecule is Cc1cnc(-c2ccc(OC(=O)C3CCC(C)CC3)cc2)nc1. The molecule has 0 N–H and O–H groups in total. The molecule has 0 aliphatic heterocycles. The van der Waals surface area contributed by atoms with E-state index in [1.807, 2.05) is 31.2 Å². The number of nitrogens with zero attached hydrogens (tertiary/aromatic N) is 2. The van der Waals surface area contributed by atoms with Crippen molar-refractivity contribution in [2.45, 2.75) is 39.5 Å². The molecule has 4 nitrogen and oxygen atoms in total. The van der Waals surface area contributed by atoms with Gasteiger partial charge < -0.3 is 4.74 Å². The Morgan fingerprint density at radius 3 is 2.26 bits per heavy atom. The van der Waals surface area contributed by atoms with Crippen molar-refractivity contribution in [2.24, 2.45) is 11.8 Å². The third-order valence-corrected chi connectivity index (χ3v) is 4.46. The molecule has 0 radical (unpaired) electrons. The van der Waals surface area contributed by atoms with Crippen LogP contribution in [0, 0.1) is 18.8 Å². The molecule has 2 aromatic rings. The second-order valence-electron chi connectivity index (χ2n) is 6.49. The first-order valence-corrected chi connectivity index (χ1v) is 8.22. The summed E-state index contributed by atoms with van der Waals surface area (Å²) in [6, 6.07) is 7.39. The zero-order valence-electron chi connectivity index (χ0n) is 13.7. The summed E-state index contributed by atoms with van der Waals surface area (Å²) in [7, 11) is 0. The smallest absolute Gasteiger partial charge is 0.314 e. The maximum absolute atomic E-state index is 12.2. The third-order valence-electron chi connectivity index (χ3n) is 4.46. The fraction of sp³-hybridized carbons (Fsp3) is 0.421. The van der Waals surface area contributed by atoms with Crippen LogP contribution in [0.2, 0.25) is 0 Å². The van der Waals surface area contributed by atoms with Crippen LogP contribution in [0.1, 0.15) is 38.2 Å². The predicted molar refractivity (Wildman–Crippen MR) is 89.0 cm³/mol. The Morgan fingerprint density at radius 2 is 1.65 bits per heavy atom. The van der Waals surface area contributed by atoms with Crippen molar-refractivity contribution in [3.8, 4) is 17.1 Å². The fourth-order valence-electron chi connectivity index (χ4n) is 2.91. The lowest BCUT2D eigenvalue weighted by Crippen LogP contribution is -2.24. The highest BCUT2D eigenvalue weighted by Crippen LogP contribution is 2.29. The van der Waals surface area contributed by atoms with Gasteiger partial charge in [0.2, 0.25) is 0 Å². The number of hydrogen-bond acceptors (Lipinski definition) is 4. The third kappa shape index (κ3) is 3.95. The molecule has 0 unspecified atom stereocenters. The Labute approximate surface area is 136 Å². The zero-order chi connectivity index (χ0) is 16.2. The van der Waals surface area contributed by atoms with Crippen LogP contribution in [0.3, 0.4) is 0 Å². The molecule has 23 heavy (non-hydrogen) atoms. The molecular weight excluding hydrogens is 288 g/mol. The summed E-state index contributed by atoms with van der Waals surface area (Å²) in [6.07, 6.45) is 7.69. The van der Waals surface area contributed by atoms with Gasteiger partial charge in [0.1, 0.15) is 5.75 Å². The monoisotopic (exact) mass is 310 g/mol. The molecule has 0 saturated heterocycles. The van der Waals surface area contributed by atoms with Crippen LogP contribution in [-0.2, 0) is 4.79 Å². The second kappa shape index (κ2) is 6.90. The van der Waals surface area contributed by atoms with Crippen molar-refractivity contribution < 1.29 is 9.53 Å². The second-order valence-corrected chi connectivity index (χ2v) is 6.49.